The van der Waals surface area contributed by atoms with Crippen molar-refractivity contribution in [2.75, 3.05) is 6.54 Å². The van der Waals surface area contributed by atoms with Gasteiger partial charge in [-0.25, -0.2) is 0 Å². The summed E-state index contributed by atoms with van der Waals surface area (Å²) in [5.41, 5.74) is 2.51. The summed E-state index contributed by atoms with van der Waals surface area (Å²) in [6.07, 6.45) is 2.87. The van der Waals surface area contributed by atoms with Crippen molar-refractivity contribution in [1.29, 1.82) is 0 Å². The quantitative estimate of drug-likeness (QED) is 0.741. The second kappa shape index (κ2) is 9.38. The molecule has 4 heteroatoms. The number of nitrogens with zero attached hydrogens (tertiary/aromatic N) is 1. The van der Waals surface area contributed by atoms with Crippen molar-refractivity contribution >= 4 is 17.5 Å². The fourth-order valence-corrected chi connectivity index (χ4v) is 4.03. The molecule has 0 radical (unpaired) electrons. The van der Waals surface area contributed by atoms with Gasteiger partial charge in [0.05, 0.1) is 5.92 Å². The Morgan fingerprint density at radius 2 is 1.96 bits per heavy atom. The van der Waals surface area contributed by atoms with E-state index in [1.165, 1.54) is 11.1 Å². The Balaban J connectivity index is 1.78. The lowest BCUT2D eigenvalue weighted by Gasteiger charge is -2.40. The molecule has 0 saturated carbocycles. The minimum Gasteiger partial charge on any atom is -0.353 e. The first-order valence-corrected chi connectivity index (χ1v) is 10.3. The maximum Gasteiger partial charge on any atom is 0.224 e. The lowest BCUT2D eigenvalue weighted by atomic mass is 9.88. The van der Waals surface area contributed by atoms with Gasteiger partial charge in [0.25, 0.3) is 0 Å². The summed E-state index contributed by atoms with van der Waals surface area (Å²) in [4.78, 5) is 15.1. The second-order valence-electron chi connectivity index (χ2n) is 7.58. The molecule has 0 unspecified atom stereocenters. The highest BCUT2D eigenvalue weighted by molar-refractivity contribution is 6.30. The molecule has 0 aromatic heterocycles. The van der Waals surface area contributed by atoms with Crippen LogP contribution in [-0.2, 0) is 11.3 Å². The van der Waals surface area contributed by atoms with Crippen LogP contribution >= 0.6 is 11.6 Å². The number of amides is 1. The molecule has 3 rings (SSSR count). The number of halogens is 1. The van der Waals surface area contributed by atoms with Crippen molar-refractivity contribution < 1.29 is 4.79 Å². The molecule has 1 heterocycles. The van der Waals surface area contributed by atoms with Crippen LogP contribution in [0.1, 0.15) is 50.3 Å². The Morgan fingerprint density at radius 1 is 1.19 bits per heavy atom. The number of carbonyl (C=O) groups excluding carboxylic acids is 1. The molecule has 2 aromatic rings. The number of carbonyl (C=O) groups is 1. The Kier molecular flexibility index (Phi) is 6.92. The Morgan fingerprint density at radius 3 is 2.67 bits per heavy atom. The third-order valence-corrected chi connectivity index (χ3v) is 5.75. The number of benzene rings is 2. The first-order chi connectivity index (χ1) is 13.1. The van der Waals surface area contributed by atoms with Crippen LogP contribution in [0, 0.1) is 5.92 Å². The van der Waals surface area contributed by atoms with Crippen LogP contribution in [0.5, 0.6) is 0 Å². The molecule has 1 aliphatic heterocycles. The molecule has 3 atom stereocenters. The smallest absolute Gasteiger partial charge is 0.224 e. The Hall–Kier alpha value is -1.84. The number of nitrogens with one attached hydrogen (secondary N) is 1. The van der Waals surface area contributed by atoms with Crippen LogP contribution in [0.25, 0.3) is 0 Å². The third kappa shape index (κ3) is 5.33. The van der Waals surface area contributed by atoms with E-state index < -0.39 is 0 Å². The van der Waals surface area contributed by atoms with E-state index in [1.807, 2.05) is 18.2 Å². The summed E-state index contributed by atoms with van der Waals surface area (Å²) in [5, 5.41) is 3.92. The van der Waals surface area contributed by atoms with Gasteiger partial charge in [0.2, 0.25) is 5.91 Å². The van der Waals surface area contributed by atoms with Crippen molar-refractivity contribution in [3.8, 4) is 0 Å². The van der Waals surface area contributed by atoms with Gasteiger partial charge in [-0.1, -0.05) is 61.0 Å². The topological polar surface area (TPSA) is 32.3 Å². The van der Waals surface area contributed by atoms with Crippen molar-refractivity contribution in [1.82, 2.24) is 10.2 Å². The third-order valence-electron chi connectivity index (χ3n) is 5.52. The number of hydrogen-bond acceptors (Lipinski definition) is 2. The standard InChI is InChI=1S/C23H29ClN2O/c1-3-17(2)25-23(27)20-12-13-22(19-9-5-4-6-10-19)26(16-20)15-18-8-7-11-21(24)14-18/h4-11,14,17,20,22H,3,12-13,15-16H2,1-2H3,(H,25,27)/t17-,20+,22-/m0/s1. The van der Waals surface area contributed by atoms with E-state index in [4.69, 9.17) is 11.6 Å². The summed E-state index contributed by atoms with van der Waals surface area (Å²) in [5.74, 6) is 0.227. The van der Waals surface area contributed by atoms with E-state index in [1.54, 1.807) is 0 Å². The minimum absolute atomic E-state index is 0.0400. The zero-order chi connectivity index (χ0) is 19.2. The molecule has 3 nitrogen and oxygen atoms in total. The van der Waals surface area contributed by atoms with Gasteiger partial charge in [-0.15, -0.1) is 0 Å². The zero-order valence-corrected chi connectivity index (χ0v) is 17.0. The van der Waals surface area contributed by atoms with Crippen LogP contribution in [0.3, 0.4) is 0 Å². The Labute approximate surface area is 167 Å². The predicted octanol–water partition coefficient (Wildman–Crippen LogP) is 5.21. The van der Waals surface area contributed by atoms with E-state index >= 15 is 0 Å². The van der Waals surface area contributed by atoms with Gasteiger partial charge in [-0.2, -0.15) is 0 Å². The molecule has 144 valence electrons. The van der Waals surface area contributed by atoms with E-state index in [-0.39, 0.29) is 17.9 Å². The van der Waals surface area contributed by atoms with Crippen LogP contribution in [-0.4, -0.2) is 23.4 Å². The number of rotatable bonds is 6. The molecule has 2 aromatic carbocycles. The van der Waals surface area contributed by atoms with E-state index in [0.29, 0.717) is 6.04 Å². The van der Waals surface area contributed by atoms with Gasteiger partial charge in [0, 0.05) is 30.2 Å². The summed E-state index contributed by atoms with van der Waals surface area (Å²) < 4.78 is 0. The van der Waals surface area contributed by atoms with Gasteiger partial charge in [0.1, 0.15) is 0 Å². The lowest BCUT2D eigenvalue weighted by molar-refractivity contribution is -0.128. The summed E-state index contributed by atoms with van der Waals surface area (Å²) in [6, 6.07) is 19.2. The molecule has 1 amide bonds. The first-order valence-electron chi connectivity index (χ1n) is 9.90. The fourth-order valence-electron chi connectivity index (χ4n) is 3.82. The highest BCUT2D eigenvalue weighted by atomic mass is 35.5. The molecule has 1 aliphatic rings. The normalized spacial score (nSPS) is 21.6. The monoisotopic (exact) mass is 384 g/mol. The number of piperidine rings is 1. The molecule has 1 saturated heterocycles. The highest BCUT2D eigenvalue weighted by Crippen LogP contribution is 2.35. The minimum atomic E-state index is 0.0400. The molecule has 0 spiro atoms. The van der Waals surface area contributed by atoms with Crippen LogP contribution < -0.4 is 5.32 Å². The van der Waals surface area contributed by atoms with Gasteiger partial charge in [-0.05, 0) is 49.4 Å². The fraction of sp³-hybridized carbons (Fsp3) is 0.435. The van der Waals surface area contributed by atoms with Crippen molar-refractivity contribution in [3.63, 3.8) is 0 Å². The lowest BCUT2D eigenvalue weighted by Crippen LogP contribution is -2.46. The summed E-state index contributed by atoms with van der Waals surface area (Å²) >= 11 is 6.19. The molecule has 0 aliphatic carbocycles. The average molecular weight is 385 g/mol. The SMILES string of the molecule is CC[C@H](C)NC(=O)[C@@H]1CC[C@@H](c2ccccc2)N(Cc2cccc(Cl)c2)C1. The van der Waals surface area contributed by atoms with Crippen LogP contribution in [0.4, 0.5) is 0 Å². The first kappa shape index (κ1) is 19.9. The molecule has 0 bridgehead atoms. The van der Waals surface area contributed by atoms with E-state index in [9.17, 15) is 4.79 Å². The number of likely N-dealkylation sites (tertiary alicyclic amines) is 1. The molecular formula is C23H29ClN2O. The molecule has 1 fully saturated rings. The summed E-state index contributed by atoms with van der Waals surface area (Å²) in [6.45, 7) is 5.74. The maximum atomic E-state index is 12.7. The summed E-state index contributed by atoms with van der Waals surface area (Å²) in [7, 11) is 0. The second-order valence-corrected chi connectivity index (χ2v) is 8.01. The van der Waals surface area contributed by atoms with Gasteiger partial charge >= 0.3 is 0 Å². The van der Waals surface area contributed by atoms with Crippen molar-refractivity contribution in [2.45, 2.75) is 51.7 Å². The number of hydrogen-bond donors (Lipinski definition) is 1. The molecular weight excluding hydrogens is 356 g/mol. The van der Waals surface area contributed by atoms with Gasteiger partial charge < -0.3 is 5.32 Å². The molecule has 1 N–H and O–H groups in total. The van der Waals surface area contributed by atoms with Gasteiger partial charge in [-0.3, -0.25) is 9.69 Å². The Bertz CT molecular complexity index is 749. The largest absolute Gasteiger partial charge is 0.353 e. The highest BCUT2D eigenvalue weighted by Gasteiger charge is 2.33. The van der Waals surface area contributed by atoms with Crippen LogP contribution in [0.2, 0.25) is 5.02 Å². The van der Waals surface area contributed by atoms with Gasteiger partial charge in [0.15, 0.2) is 0 Å². The van der Waals surface area contributed by atoms with Crippen molar-refractivity contribution in [2.24, 2.45) is 5.92 Å². The average Bonchev–Trinajstić information content (AvgIpc) is 2.68. The van der Waals surface area contributed by atoms with Crippen molar-refractivity contribution in [3.05, 3.63) is 70.7 Å². The zero-order valence-electron chi connectivity index (χ0n) is 16.2. The van der Waals surface area contributed by atoms with E-state index in [0.717, 1.165) is 37.4 Å². The van der Waals surface area contributed by atoms with Crippen LogP contribution in [0.15, 0.2) is 54.6 Å². The van der Waals surface area contributed by atoms with E-state index in [2.05, 4.69) is 60.5 Å². The molecule has 27 heavy (non-hydrogen) atoms. The predicted molar refractivity (Wildman–Crippen MR) is 112 cm³/mol. The maximum absolute atomic E-state index is 12.7.